The van der Waals surface area contributed by atoms with Crippen molar-refractivity contribution in [3.05, 3.63) is 64.2 Å². The van der Waals surface area contributed by atoms with Gasteiger partial charge < -0.3 is 4.74 Å². The number of anilines is 1. The quantitative estimate of drug-likeness (QED) is 0.387. The van der Waals surface area contributed by atoms with Crippen LogP contribution >= 0.6 is 11.6 Å². The number of fused-ring (bicyclic) bond motifs is 1. The number of benzene rings is 2. The third-order valence-corrected chi connectivity index (χ3v) is 4.77. The molecule has 2 aromatic carbocycles. The Hall–Kier alpha value is -2.66. The van der Waals surface area contributed by atoms with Gasteiger partial charge in [-0.05, 0) is 36.8 Å². The van der Waals surface area contributed by atoms with Crippen LogP contribution in [0.4, 0.5) is 5.69 Å². The lowest BCUT2D eigenvalue weighted by Gasteiger charge is -2.15. The molecule has 0 bridgehead atoms. The van der Waals surface area contributed by atoms with Crippen LogP contribution in [0.25, 0.3) is 0 Å². The van der Waals surface area contributed by atoms with E-state index < -0.39 is 17.8 Å². The largest absolute Gasteiger partial charge is 0.462 e. The topological polar surface area (TPSA) is 63.7 Å². The van der Waals surface area contributed by atoms with Crippen molar-refractivity contribution in [2.75, 3.05) is 11.5 Å². The zero-order valence-electron chi connectivity index (χ0n) is 15.0. The van der Waals surface area contributed by atoms with Crippen molar-refractivity contribution in [2.45, 2.75) is 32.6 Å². The van der Waals surface area contributed by atoms with Gasteiger partial charge in [-0.3, -0.25) is 9.59 Å². The number of carbonyl (C=O) groups excluding carboxylic acids is 3. The molecule has 0 saturated heterocycles. The van der Waals surface area contributed by atoms with E-state index in [0.717, 1.165) is 30.6 Å². The minimum Gasteiger partial charge on any atom is -0.462 e. The smallest absolute Gasteiger partial charge is 0.338 e. The van der Waals surface area contributed by atoms with Crippen molar-refractivity contribution < 1.29 is 19.1 Å². The van der Waals surface area contributed by atoms with Gasteiger partial charge in [-0.15, -0.1) is 0 Å². The van der Waals surface area contributed by atoms with Crippen molar-refractivity contribution in [3.8, 4) is 0 Å². The van der Waals surface area contributed by atoms with E-state index in [2.05, 4.69) is 6.92 Å². The average molecular weight is 386 g/mol. The van der Waals surface area contributed by atoms with E-state index in [1.807, 2.05) is 0 Å². The molecule has 0 fully saturated rings. The Morgan fingerprint density at radius 2 is 1.74 bits per heavy atom. The van der Waals surface area contributed by atoms with Gasteiger partial charge in [0.05, 0.1) is 34.0 Å². The van der Waals surface area contributed by atoms with Crippen LogP contribution < -0.4 is 4.90 Å². The van der Waals surface area contributed by atoms with E-state index in [9.17, 15) is 14.4 Å². The molecule has 0 unspecified atom stereocenters. The number of esters is 1. The molecule has 0 aliphatic carbocycles. The van der Waals surface area contributed by atoms with Gasteiger partial charge in [-0.1, -0.05) is 49.9 Å². The van der Waals surface area contributed by atoms with Crippen molar-refractivity contribution in [2.24, 2.45) is 0 Å². The monoisotopic (exact) mass is 385 g/mol. The number of amides is 2. The molecule has 0 radical (unpaired) electrons. The van der Waals surface area contributed by atoms with Gasteiger partial charge in [0.25, 0.3) is 11.8 Å². The van der Waals surface area contributed by atoms with E-state index in [0.29, 0.717) is 17.3 Å². The predicted octanol–water partition coefficient (Wildman–Crippen LogP) is 4.88. The third-order valence-electron chi connectivity index (χ3n) is 4.45. The molecule has 0 N–H and O–H groups in total. The van der Waals surface area contributed by atoms with Crippen LogP contribution in [-0.2, 0) is 4.74 Å². The fourth-order valence-electron chi connectivity index (χ4n) is 3.00. The Labute approximate surface area is 162 Å². The standard InChI is InChI=1S/C21H20ClNO4/c1-2-3-4-7-12-27-21(26)14-10-11-15-16(13-14)20(25)23(19(15)24)18-9-6-5-8-17(18)22/h5-6,8-11,13H,2-4,7,12H2,1H3. The Morgan fingerprint density at radius 1 is 1.00 bits per heavy atom. The number of nitrogens with zero attached hydrogens (tertiary/aromatic N) is 1. The van der Waals surface area contributed by atoms with E-state index in [1.165, 1.54) is 18.2 Å². The minimum absolute atomic E-state index is 0.181. The van der Waals surface area contributed by atoms with E-state index in [4.69, 9.17) is 16.3 Å². The summed E-state index contributed by atoms with van der Waals surface area (Å²) in [4.78, 5) is 38.7. The Kier molecular flexibility index (Phi) is 5.91. The van der Waals surface area contributed by atoms with Gasteiger partial charge in [-0.2, -0.15) is 0 Å². The number of hydrogen-bond acceptors (Lipinski definition) is 4. The minimum atomic E-state index is -0.499. The molecular weight excluding hydrogens is 366 g/mol. The summed E-state index contributed by atoms with van der Waals surface area (Å²) in [6.07, 6.45) is 4.03. The Morgan fingerprint density at radius 3 is 2.48 bits per heavy atom. The second kappa shape index (κ2) is 8.35. The molecule has 6 heteroatoms. The average Bonchev–Trinajstić information content (AvgIpc) is 2.92. The molecular formula is C21H20ClNO4. The SMILES string of the molecule is CCCCCCOC(=O)c1ccc2c(c1)C(=O)N(c1ccccc1Cl)C2=O. The maximum atomic E-state index is 12.8. The first-order valence-corrected chi connectivity index (χ1v) is 9.37. The highest BCUT2D eigenvalue weighted by atomic mass is 35.5. The highest BCUT2D eigenvalue weighted by Gasteiger charge is 2.38. The second-order valence-corrected chi connectivity index (χ2v) is 6.76. The van der Waals surface area contributed by atoms with Crippen LogP contribution in [0.1, 0.15) is 63.7 Å². The number of halogens is 1. The van der Waals surface area contributed by atoms with Crippen molar-refractivity contribution >= 4 is 35.1 Å². The molecule has 0 aromatic heterocycles. The lowest BCUT2D eigenvalue weighted by Crippen LogP contribution is -2.29. The summed E-state index contributed by atoms with van der Waals surface area (Å²) in [5.41, 5.74) is 1.01. The first-order chi connectivity index (χ1) is 13.0. The molecule has 1 aliphatic rings. The predicted molar refractivity (Wildman–Crippen MR) is 103 cm³/mol. The summed E-state index contributed by atoms with van der Waals surface area (Å²) in [7, 11) is 0. The van der Waals surface area contributed by atoms with Crippen molar-refractivity contribution in [1.82, 2.24) is 0 Å². The van der Waals surface area contributed by atoms with Crippen molar-refractivity contribution in [1.29, 1.82) is 0 Å². The van der Waals surface area contributed by atoms with Crippen LogP contribution in [0, 0.1) is 0 Å². The van der Waals surface area contributed by atoms with Gasteiger partial charge in [-0.25, -0.2) is 9.69 Å². The number of carbonyl (C=O) groups is 3. The number of unbranched alkanes of at least 4 members (excludes halogenated alkanes) is 3. The number of imide groups is 1. The molecule has 1 heterocycles. The molecule has 0 spiro atoms. The van der Waals surface area contributed by atoms with Crippen molar-refractivity contribution in [3.63, 3.8) is 0 Å². The normalized spacial score (nSPS) is 13.0. The maximum Gasteiger partial charge on any atom is 0.338 e. The first-order valence-electron chi connectivity index (χ1n) is 8.99. The lowest BCUT2D eigenvalue weighted by molar-refractivity contribution is 0.0497. The molecule has 5 nitrogen and oxygen atoms in total. The third kappa shape index (κ3) is 3.88. The van der Waals surface area contributed by atoms with Crippen LogP contribution in [-0.4, -0.2) is 24.4 Å². The van der Waals surface area contributed by atoms with Crippen LogP contribution in [0.2, 0.25) is 5.02 Å². The summed E-state index contributed by atoms with van der Waals surface area (Å²) in [6, 6.07) is 11.1. The van der Waals surface area contributed by atoms with Gasteiger partial charge in [0.15, 0.2) is 0 Å². The molecule has 2 aromatic rings. The van der Waals surface area contributed by atoms with Gasteiger partial charge >= 0.3 is 5.97 Å². The molecule has 3 rings (SSSR count). The van der Waals surface area contributed by atoms with E-state index in [-0.39, 0.29) is 16.7 Å². The molecule has 27 heavy (non-hydrogen) atoms. The highest BCUT2D eigenvalue weighted by Crippen LogP contribution is 2.33. The van der Waals surface area contributed by atoms with Crippen LogP contribution in [0.5, 0.6) is 0 Å². The van der Waals surface area contributed by atoms with Crippen LogP contribution in [0.15, 0.2) is 42.5 Å². The lowest BCUT2D eigenvalue weighted by atomic mass is 10.1. The zero-order valence-corrected chi connectivity index (χ0v) is 15.8. The van der Waals surface area contributed by atoms with Gasteiger partial charge in [0, 0.05) is 0 Å². The van der Waals surface area contributed by atoms with E-state index >= 15 is 0 Å². The molecule has 0 atom stereocenters. The molecule has 2 amide bonds. The fourth-order valence-corrected chi connectivity index (χ4v) is 3.22. The number of para-hydroxylation sites is 1. The van der Waals surface area contributed by atoms with Crippen LogP contribution in [0.3, 0.4) is 0 Å². The highest BCUT2D eigenvalue weighted by molar-refractivity contribution is 6.39. The maximum absolute atomic E-state index is 12.8. The summed E-state index contributed by atoms with van der Waals surface area (Å²) < 4.78 is 5.26. The number of hydrogen-bond donors (Lipinski definition) is 0. The summed E-state index contributed by atoms with van der Waals surface area (Å²) in [5, 5.41) is 0.304. The second-order valence-electron chi connectivity index (χ2n) is 6.35. The Balaban J connectivity index is 1.77. The summed E-state index contributed by atoms with van der Waals surface area (Å²) in [5.74, 6) is -1.45. The first kappa shape index (κ1) is 19.1. The number of rotatable bonds is 7. The van der Waals surface area contributed by atoms with Gasteiger partial charge in [0.2, 0.25) is 0 Å². The van der Waals surface area contributed by atoms with E-state index in [1.54, 1.807) is 24.3 Å². The number of ether oxygens (including phenoxy) is 1. The zero-order chi connectivity index (χ0) is 19.4. The summed E-state index contributed by atoms with van der Waals surface area (Å²) >= 11 is 6.13. The molecule has 1 aliphatic heterocycles. The molecule has 140 valence electrons. The summed E-state index contributed by atoms with van der Waals surface area (Å²) in [6.45, 7) is 2.45. The fraction of sp³-hybridized carbons (Fsp3) is 0.286. The van der Waals surface area contributed by atoms with Gasteiger partial charge in [0.1, 0.15) is 0 Å². The molecule has 0 saturated carbocycles. The Bertz CT molecular complexity index is 894.